The third-order valence-electron chi connectivity index (χ3n) is 4.60. The largest absolute Gasteiger partial charge is 0.375 e. The molecule has 0 N–H and O–H groups in total. The van der Waals surface area contributed by atoms with E-state index in [0.717, 1.165) is 18.6 Å². The summed E-state index contributed by atoms with van der Waals surface area (Å²) in [7, 11) is 3.33. The first-order valence-corrected chi connectivity index (χ1v) is 8.59. The molecule has 3 rings (SSSR count). The van der Waals surface area contributed by atoms with Crippen LogP contribution < -0.4 is 0 Å². The van der Waals surface area contributed by atoms with Gasteiger partial charge >= 0.3 is 0 Å². The Balaban J connectivity index is 1.60. The Hall–Kier alpha value is -0.550. The van der Waals surface area contributed by atoms with Crippen LogP contribution in [-0.2, 0) is 14.2 Å². The van der Waals surface area contributed by atoms with E-state index in [9.17, 15) is 0 Å². The molecule has 116 valence electrons. The molecule has 1 atom stereocenters. The van der Waals surface area contributed by atoms with Crippen LogP contribution in [0.2, 0.25) is 0 Å². The van der Waals surface area contributed by atoms with E-state index >= 15 is 0 Å². The number of ether oxygens (including phenoxy) is 3. The molecular weight excluding hydrogens is 284 g/mol. The smallest absolute Gasteiger partial charge is 0.183 e. The van der Waals surface area contributed by atoms with Crippen LogP contribution in [0, 0.1) is 0 Å². The molecule has 0 aromatic heterocycles. The minimum atomic E-state index is -0.273. The molecule has 1 saturated carbocycles. The van der Waals surface area contributed by atoms with Crippen LogP contribution in [0.25, 0.3) is 0 Å². The van der Waals surface area contributed by atoms with Gasteiger partial charge in [0.2, 0.25) is 0 Å². The summed E-state index contributed by atoms with van der Waals surface area (Å²) in [5.41, 5.74) is 1.29. The van der Waals surface area contributed by atoms with Crippen molar-refractivity contribution in [1.82, 2.24) is 0 Å². The second-order valence-electron chi connectivity index (χ2n) is 5.99. The number of thioether (sulfide) groups is 1. The van der Waals surface area contributed by atoms with Crippen molar-refractivity contribution in [2.75, 3.05) is 20.8 Å². The van der Waals surface area contributed by atoms with E-state index in [4.69, 9.17) is 14.2 Å². The molecule has 21 heavy (non-hydrogen) atoms. The highest BCUT2D eigenvalue weighted by Gasteiger charge is 2.42. The van der Waals surface area contributed by atoms with Gasteiger partial charge in [0.1, 0.15) is 0 Å². The fraction of sp³-hybridized carbons (Fsp3) is 0.647. The maximum absolute atomic E-state index is 6.00. The number of hydrogen-bond donors (Lipinski definition) is 0. The zero-order valence-corrected chi connectivity index (χ0v) is 13.7. The first-order valence-electron chi connectivity index (χ1n) is 7.71. The zero-order valence-electron chi connectivity index (χ0n) is 12.8. The molecule has 3 nitrogen and oxygen atoms in total. The Bertz CT molecular complexity index is 452. The normalized spacial score (nSPS) is 24.2. The lowest BCUT2D eigenvalue weighted by atomic mass is 9.75. The molecule has 2 aliphatic rings. The van der Waals surface area contributed by atoms with Gasteiger partial charge in [-0.05, 0) is 44.2 Å². The maximum atomic E-state index is 6.00. The third-order valence-corrected chi connectivity index (χ3v) is 5.88. The molecule has 1 aromatic carbocycles. The first kappa shape index (κ1) is 15.3. The van der Waals surface area contributed by atoms with E-state index < -0.39 is 0 Å². The summed E-state index contributed by atoms with van der Waals surface area (Å²) in [6, 6.07) is 8.54. The standard InChI is InChI=1S/C17H24O3S/c1-18-16(19-2)13-4-6-14(7-5-13)21-15-8-11-20-17(12-15)9-3-10-17/h4-7,15-16H,3,8-12H2,1-2H3. The van der Waals surface area contributed by atoms with Crippen LogP contribution >= 0.6 is 11.8 Å². The number of benzene rings is 1. The van der Waals surface area contributed by atoms with Crippen molar-refractivity contribution >= 4 is 11.8 Å². The van der Waals surface area contributed by atoms with Gasteiger partial charge < -0.3 is 14.2 Å². The zero-order chi connectivity index (χ0) is 14.7. The molecule has 1 unspecified atom stereocenters. The second kappa shape index (κ2) is 6.69. The maximum Gasteiger partial charge on any atom is 0.183 e. The quantitative estimate of drug-likeness (QED) is 0.763. The van der Waals surface area contributed by atoms with Gasteiger partial charge in [0, 0.05) is 36.5 Å². The summed E-state index contributed by atoms with van der Waals surface area (Å²) < 4.78 is 16.6. The van der Waals surface area contributed by atoms with E-state index in [1.165, 1.54) is 30.6 Å². The Labute approximate surface area is 131 Å². The van der Waals surface area contributed by atoms with Crippen molar-refractivity contribution < 1.29 is 14.2 Å². The average Bonchev–Trinajstić information content (AvgIpc) is 2.49. The minimum Gasteiger partial charge on any atom is -0.375 e. The second-order valence-corrected chi connectivity index (χ2v) is 7.36. The average molecular weight is 308 g/mol. The molecule has 2 fully saturated rings. The van der Waals surface area contributed by atoms with E-state index in [2.05, 4.69) is 24.3 Å². The predicted octanol–water partition coefficient (Wildman–Crippen LogP) is 4.17. The van der Waals surface area contributed by atoms with Gasteiger partial charge in [-0.1, -0.05) is 12.1 Å². The van der Waals surface area contributed by atoms with E-state index in [1.54, 1.807) is 14.2 Å². The molecule has 0 amide bonds. The van der Waals surface area contributed by atoms with Gasteiger partial charge in [0.05, 0.1) is 5.60 Å². The topological polar surface area (TPSA) is 27.7 Å². The summed E-state index contributed by atoms with van der Waals surface area (Å²) >= 11 is 1.99. The van der Waals surface area contributed by atoms with Crippen LogP contribution in [-0.4, -0.2) is 31.7 Å². The third kappa shape index (κ3) is 3.45. The molecule has 0 radical (unpaired) electrons. The molecule has 1 aliphatic carbocycles. The summed E-state index contributed by atoms with van der Waals surface area (Å²) in [6.07, 6.45) is 5.94. The molecule has 1 heterocycles. The minimum absolute atomic E-state index is 0.229. The molecule has 1 aromatic rings. The van der Waals surface area contributed by atoms with Crippen molar-refractivity contribution in [3.63, 3.8) is 0 Å². The summed E-state index contributed by atoms with van der Waals surface area (Å²) in [4.78, 5) is 1.33. The van der Waals surface area contributed by atoms with Crippen molar-refractivity contribution in [3.05, 3.63) is 29.8 Å². The summed E-state index contributed by atoms with van der Waals surface area (Å²) in [6.45, 7) is 0.922. The van der Waals surface area contributed by atoms with Crippen molar-refractivity contribution in [1.29, 1.82) is 0 Å². The van der Waals surface area contributed by atoms with Gasteiger partial charge in [-0.2, -0.15) is 0 Å². The summed E-state index contributed by atoms with van der Waals surface area (Å²) in [5, 5.41) is 0.686. The van der Waals surface area contributed by atoms with Gasteiger partial charge in [-0.15, -0.1) is 11.8 Å². The fourth-order valence-electron chi connectivity index (χ4n) is 3.27. The van der Waals surface area contributed by atoms with Gasteiger partial charge in [-0.3, -0.25) is 0 Å². The van der Waals surface area contributed by atoms with E-state index in [1.807, 2.05) is 11.8 Å². The van der Waals surface area contributed by atoms with Crippen LogP contribution in [0.1, 0.15) is 44.0 Å². The monoisotopic (exact) mass is 308 g/mol. The highest BCUT2D eigenvalue weighted by atomic mass is 32.2. The molecule has 4 heteroatoms. The van der Waals surface area contributed by atoms with E-state index in [-0.39, 0.29) is 11.9 Å². The van der Waals surface area contributed by atoms with Crippen molar-refractivity contribution in [2.45, 2.75) is 54.1 Å². The Kier molecular flexibility index (Phi) is 4.89. The molecule has 1 spiro atoms. The summed E-state index contributed by atoms with van der Waals surface area (Å²) in [5.74, 6) is 0. The predicted molar refractivity (Wildman–Crippen MR) is 84.6 cm³/mol. The van der Waals surface area contributed by atoms with Crippen LogP contribution in [0.3, 0.4) is 0 Å². The van der Waals surface area contributed by atoms with Crippen molar-refractivity contribution in [3.8, 4) is 0 Å². The lowest BCUT2D eigenvalue weighted by molar-refractivity contribution is -0.125. The number of hydrogen-bond acceptors (Lipinski definition) is 4. The highest BCUT2D eigenvalue weighted by Crippen LogP contribution is 2.46. The SMILES string of the molecule is COC(OC)c1ccc(SC2CCOC3(CCC3)C2)cc1. The molecule has 1 saturated heterocycles. The Morgan fingerprint density at radius 3 is 2.48 bits per heavy atom. The highest BCUT2D eigenvalue weighted by molar-refractivity contribution is 8.00. The Morgan fingerprint density at radius 1 is 1.19 bits per heavy atom. The first-order chi connectivity index (χ1) is 10.2. The van der Waals surface area contributed by atoms with Gasteiger partial charge in [0.25, 0.3) is 0 Å². The van der Waals surface area contributed by atoms with Gasteiger partial charge in [0.15, 0.2) is 6.29 Å². The van der Waals surface area contributed by atoms with Crippen LogP contribution in [0.5, 0.6) is 0 Å². The van der Waals surface area contributed by atoms with Crippen LogP contribution in [0.4, 0.5) is 0 Å². The van der Waals surface area contributed by atoms with Gasteiger partial charge in [-0.25, -0.2) is 0 Å². The van der Waals surface area contributed by atoms with Crippen LogP contribution in [0.15, 0.2) is 29.2 Å². The number of rotatable bonds is 5. The number of methoxy groups -OCH3 is 2. The lowest BCUT2D eigenvalue weighted by Gasteiger charge is -2.47. The Morgan fingerprint density at radius 2 is 1.90 bits per heavy atom. The molecule has 0 bridgehead atoms. The van der Waals surface area contributed by atoms with E-state index in [0.29, 0.717) is 5.25 Å². The van der Waals surface area contributed by atoms with Crippen molar-refractivity contribution in [2.24, 2.45) is 0 Å². The lowest BCUT2D eigenvalue weighted by Crippen LogP contribution is -2.46. The molecule has 1 aliphatic heterocycles. The fourth-order valence-corrected chi connectivity index (χ4v) is 4.55. The molecular formula is C17H24O3S.